The Morgan fingerprint density at radius 2 is 2.15 bits per heavy atom. The van der Waals surface area contributed by atoms with Crippen molar-refractivity contribution in [2.24, 2.45) is 5.92 Å². The number of hydrogen-bond acceptors (Lipinski definition) is 5. The molecule has 1 aliphatic heterocycles. The third-order valence-electron chi connectivity index (χ3n) is 5.12. The summed E-state index contributed by atoms with van der Waals surface area (Å²) in [5.74, 6) is 1.29. The minimum atomic E-state index is -0.172. The second-order valence-electron chi connectivity index (χ2n) is 7.37. The van der Waals surface area contributed by atoms with Crippen LogP contribution in [0.1, 0.15) is 26.2 Å². The highest BCUT2D eigenvalue weighted by Gasteiger charge is 2.15. The molecule has 0 amide bonds. The molecular weight excluding hydrogens is 340 g/mol. The molecule has 1 aliphatic rings. The highest BCUT2D eigenvalue weighted by Crippen LogP contribution is 2.16. The van der Waals surface area contributed by atoms with E-state index in [0.717, 1.165) is 31.1 Å². The largest absolute Gasteiger partial charge is 0.356 e. The van der Waals surface area contributed by atoms with E-state index >= 15 is 0 Å². The fraction of sp³-hybridized carbons (Fsp3) is 0.450. The molecule has 0 radical (unpaired) electrons. The summed E-state index contributed by atoms with van der Waals surface area (Å²) < 4.78 is 1.70. The van der Waals surface area contributed by atoms with Crippen molar-refractivity contribution >= 4 is 17.0 Å². The maximum Gasteiger partial charge on any atom is 0.263 e. The van der Waals surface area contributed by atoms with Gasteiger partial charge in [0.1, 0.15) is 5.39 Å². The summed E-state index contributed by atoms with van der Waals surface area (Å²) in [5.41, 5.74) is 1.28. The predicted octanol–water partition coefficient (Wildman–Crippen LogP) is 2.64. The average molecular weight is 366 g/mol. The number of benzene rings is 1. The van der Waals surface area contributed by atoms with E-state index in [1.54, 1.807) is 10.9 Å². The Hall–Kier alpha value is -2.67. The number of likely N-dealkylation sites (tertiary alicyclic amines) is 1. The lowest BCUT2D eigenvalue weighted by molar-refractivity contribution is 0.183. The normalized spacial score (nSPS) is 18.0. The van der Waals surface area contributed by atoms with Crippen molar-refractivity contribution in [3.63, 3.8) is 0 Å². The molecule has 2 aromatic heterocycles. The van der Waals surface area contributed by atoms with Gasteiger partial charge in [-0.1, -0.05) is 25.1 Å². The Kier molecular flexibility index (Phi) is 5.20. The first-order chi connectivity index (χ1) is 13.2. The fourth-order valence-electron chi connectivity index (χ4n) is 3.76. The fourth-order valence-corrected chi connectivity index (χ4v) is 3.76. The molecule has 1 unspecified atom stereocenters. The van der Waals surface area contributed by atoms with Crippen LogP contribution in [0, 0.1) is 5.92 Å². The van der Waals surface area contributed by atoms with Crippen molar-refractivity contribution in [2.45, 2.75) is 26.2 Å². The molecule has 1 aromatic carbocycles. The molecule has 3 heterocycles. The molecule has 1 atom stereocenters. The van der Waals surface area contributed by atoms with E-state index < -0.39 is 0 Å². The number of piperidine rings is 1. The molecule has 1 saturated heterocycles. The number of para-hydroxylation sites is 1. The van der Waals surface area contributed by atoms with Crippen LogP contribution in [-0.4, -0.2) is 50.8 Å². The van der Waals surface area contributed by atoms with Gasteiger partial charge in [0, 0.05) is 13.1 Å². The van der Waals surface area contributed by atoms with Gasteiger partial charge in [-0.2, -0.15) is 10.1 Å². The monoisotopic (exact) mass is 366 g/mol. The van der Waals surface area contributed by atoms with Crippen LogP contribution >= 0.6 is 0 Å². The molecule has 4 rings (SSSR count). The van der Waals surface area contributed by atoms with Crippen molar-refractivity contribution in [2.75, 3.05) is 31.5 Å². The predicted molar refractivity (Wildman–Crippen MR) is 107 cm³/mol. The standard InChI is InChI=1S/C20H26N6O/c1-15-7-5-11-25(14-15)12-6-10-21-20-23-18-17(19(27)24-20)13-22-26(18)16-8-3-2-4-9-16/h2-4,8-9,13,15H,5-7,10-12,14H2,1H3,(H2,21,23,24,27). The number of hydrogen-bond donors (Lipinski definition) is 2. The van der Waals surface area contributed by atoms with Gasteiger partial charge in [-0.3, -0.25) is 9.78 Å². The van der Waals surface area contributed by atoms with Crippen LogP contribution in [0.3, 0.4) is 0 Å². The number of fused-ring (bicyclic) bond motifs is 1. The van der Waals surface area contributed by atoms with Gasteiger partial charge in [0.2, 0.25) is 5.95 Å². The highest BCUT2D eigenvalue weighted by molar-refractivity contribution is 5.76. The number of anilines is 1. The molecule has 2 N–H and O–H groups in total. The molecule has 0 spiro atoms. The Labute approximate surface area is 158 Å². The van der Waals surface area contributed by atoms with Gasteiger partial charge in [0.05, 0.1) is 11.9 Å². The molecule has 0 bridgehead atoms. The van der Waals surface area contributed by atoms with Crippen LogP contribution < -0.4 is 10.9 Å². The Bertz CT molecular complexity index is 948. The molecule has 142 valence electrons. The molecule has 7 heteroatoms. The first-order valence-corrected chi connectivity index (χ1v) is 9.70. The SMILES string of the molecule is CC1CCCN(CCCNc2nc3c(cnn3-c3ccccc3)c(=O)[nH]2)C1. The van der Waals surface area contributed by atoms with Crippen LogP contribution in [0.25, 0.3) is 16.7 Å². The first-order valence-electron chi connectivity index (χ1n) is 9.70. The third-order valence-corrected chi connectivity index (χ3v) is 5.12. The van der Waals surface area contributed by atoms with Gasteiger partial charge in [0.15, 0.2) is 5.65 Å². The summed E-state index contributed by atoms with van der Waals surface area (Å²) >= 11 is 0. The second-order valence-corrected chi connectivity index (χ2v) is 7.37. The number of nitrogens with one attached hydrogen (secondary N) is 2. The quantitative estimate of drug-likeness (QED) is 0.656. The van der Waals surface area contributed by atoms with Gasteiger partial charge < -0.3 is 10.2 Å². The van der Waals surface area contributed by atoms with Gasteiger partial charge in [-0.15, -0.1) is 0 Å². The summed E-state index contributed by atoms with van der Waals surface area (Å²) in [4.78, 5) is 22.3. The van der Waals surface area contributed by atoms with Crippen LogP contribution in [0.4, 0.5) is 5.95 Å². The van der Waals surface area contributed by atoms with Gasteiger partial charge >= 0.3 is 0 Å². The zero-order valence-corrected chi connectivity index (χ0v) is 15.7. The van der Waals surface area contributed by atoms with Crippen molar-refractivity contribution in [1.29, 1.82) is 0 Å². The van der Waals surface area contributed by atoms with Gasteiger partial charge in [-0.05, 0) is 50.4 Å². The Morgan fingerprint density at radius 1 is 1.30 bits per heavy atom. The summed E-state index contributed by atoms with van der Waals surface area (Å²) in [6.07, 6.45) is 5.22. The zero-order chi connectivity index (χ0) is 18.6. The maximum absolute atomic E-state index is 12.4. The van der Waals surface area contributed by atoms with Crippen LogP contribution in [0.15, 0.2) is 41.3 Å². The van der Waals surface area contributed by atoms with E-state index in [9.17, 15) is 4.79 Å². The Balaban J connectivity index is 1.44. The number of H-pyrrole nitrogens is 1. The number of rotatable bonds is 6. The minimum absolute atomic E-state index is 0.172. The van der Waals surface area contributed by atoms with Crippen molar-refractivity contribution < 1.29 is 0 Å². The van der Waals surface area contributed by atoms with Crippen LogP contribution in [0.2, 0.25) is 0 Å². The molecule has 27 heavy (non-hydrogen) atoms. The molecule has 7 nitrogen and oxygen atoms in total. The minimum Gasteiger partial charge on any atom is -0.356 e. The number of nitrogens with zero attached hydrogens (tertiary/aromatic N) is 4. The summed E-state index contributed by atoms with van der Waals surface area (Å²) in [6.45, 7) is 6.56. The number of aromatic amines is 1. The lowest BCUT2D eigenvalue weighted by Crippen LogP contribution is -2.35. The van der Waals surface area contributed by atoms with Crippen molar-refractivity contribution in [1.82, 2.24) is 24.6 Å². The van der Waals surface area contributed by atoms with E-state index in [0.29, 0.717) is 17.0 Å². The third kappa shape index (κ3) is 4.03. The summed E-state index contributed by atoms with van der Waals surface area (Å²) in [6, 6.07) is 9.73. The molecule has 3 aromatic rings. The highest BCUT2D eigenvalue weighted by atomic mass is 16.1. The first kappa shape index (κ1) is 17.7. The van der Waals surface area contributed by atoms with Gasteiger partial charge in [0.25, 0.3) is 5.56 Å². The van der Waals surface area contributed by atoms with E-state index in [1.807, 2.05) is 30.3 Å². The topological polar surface area (TPSA) is 78.8 Å². The van der Waals surface area contributed by atoms with E-state index in [2.05, 4.69) is 32.2 Å². The summed E-state index contributed by atoms with van der Waals surface area (Å²) in [5, 5.41) is 8.09. The van der Waals surface area contributed by atoms with Gasteiger partial charge in [-0.25, -0.2) is 4.68 Å². The van der Waals surface area contributed by atoms with Crippen LogP contribution in [-0.2, 0) is 0 Å². The zero-order valence-electron chi connectivity index (χ0n) is 15.7. The average Bonchev–Trinajstić information content (AvgIpc) is 3.11. The molecule has 0 saturated carbocycles. The second kappa shape index (κ2) is 7.92. The van der Waals surface area contributed by atoms with E-state index in [1.165, 1.54) is 25.9 Å². The molecule has 1 fully saturated rings. The van der Waals surface area contributed by atoms with E-state index in [4.69, 9.17) is 0 Å². The smallest absolute Gasteiger partial charge is 0.263 e. The molecule has 0 aliphatic carbocycles. The molecular formula is C20H26N6O. The lowest BCUT2D eigenvalue weighted by Gasteiger charge is -2.30. The van der Waals surface area contributed by atoms with Crippen LogP contribution in [0.5, 0.6) is 0 Å². The summed E-state index contributed by atoms with van der Waals surface area (Å²) in [7, 11) is 0. The maximum atomic E-state index is 12.4. The van der Waals surface area contributed by atoms with E-state index in [-0.39, 0.29) is 5.56 Å². The number of aromatic nitrogens is 4. The Morgan fingerprint density at radius 3 is 2.96 bits per heavy atom. The van der Waals surface area contributed by atoms with Crippen molar-refractivity contribution in [3.05, 3.63) is 46.9 Å². The lowest BCUT2D eigenvalue weighted by atomic mass is 10.0. The van der Waals surface area contributed by atoms with Crippen molar-refractivity contribution in [3.8, 4) is 5.69 Å².